The Balaban J connectivity index is 1.89. The van der Waals surface area contributed by atoms with E-state index < -0.39 is 11.9 Å². The molecule has 9 heteroatoms. The molecule has 1 amide bonds. The standard InChI is InChI=1S/C24H18N4O5/c1-33-24(32)14-8-6-13(7-9-14)21-26-22(16-4-2-3-5-18(16)29)28-23(27-21)17-11-10-15(20(25)31)12-19(17)30/h2-12,29-30H,1H3,(H2,25,31). The lowest BCUT2D eigenvalue weighted by Crippen LogP contribution is -2.10. The molecule has 33 heavy (non-hydrogen) atoms. The number of aromatic nitrogens is 3. The summed E-state index contributed by atoms with van der Waals surface area (Å²) in [6.07, 6.45) is 0. The first kappa shape index (κ1) is 21.4. The van der Waals surface area contributed by atoms with Crippen LogP contribution in [0.3, 0.4) is 0 Å². The molecular weight excluding hydrogens is 424 g/mol. The van der Waals surface area contributed by atoms with Gasteiger partial charge in [-0.3, -0.25) is 4.79 Å². The predicted molar refractivity (Wildman–Crippen MR) is 119 cm³/mol. The van der Waals surface area contributed by atoms with E-state index in [1.54, 1.807) is 42.5 Å². The van der Waals surface area contributed by atoms with Crippen molar-refractivity contribution < 1.29 is 24.5 Å². The SMILES string of the molecule is COC(=O)c1ccc(-c2nc(-c3ccccc3O)nc(-c3ccc(C(N)=O)cc3O)n2)cc1. The number of hydrogen-bond acceptors (Lipinski definition) is 8. The van der Waals surface area contributed by atoms with Crippen molar-refractivity contribution in [3.63, 3.8) is 0 Å². The van der Waals surface area contributed by atoms with Gasteiger partial charge in [0.25, 0.3) is 0 Å². The normalized spacial score (nSPS) is 10.6. The lowest BCUT2D eigenvalue weighted by atomic mass is 10.1. The molecule has 0 aliphatic carbocycles. The largest absolute Gasteiger partial charge is 0.507 e. The van der Waals surface area contributed by atoms with Crippen LogP contribution in [0.1, 0.15) is 20.7 Å². The Morgan fingerprint density at radius 3 is 1.91 bits per heavy atom. The number of nitrogens with zero attached hydrogens (tertiary/aromatic N) is 3. The zero-order valence-electron chi connectivity index (χ0n) is 17.4. The van der Waals surface area contributed by atoms with E-state index in [0.29, 0.717) is 16.7 Å². The monoisotopic (exact) mass is 442 g/mol. The van der Waals surface area contributed by atoms with Gasteiger partial charge in [-0.05, 0) is 42.5 Å². The molecule has 0 radical (unpaired) electrons. The van der Waals surface area contributed by atoms with Crippen LogP contribution >= 0.6 is 0 Å². The van der Waals surface area contributed by atoms with Crippen LogP contribution in [0, 0.1) is 0 Å². The minimum absolute atomic E-state index is 0.0325. The van der Waals surface area contributed by atoms with Gasteiger partial charge in [0.1, 0.15) is 11.5 Å². The van der Waals surface area contributed by atoms with Crippen molar-refractivity contribution in [3.05, 3.63) is 77.9 Å². The van der Waals surface area contributed by atoms with Crippen LogP contribution in [0.4, 0.5) is 0 Å². The summed E-state index contributed by atoms with van der Waals surface area (Å²) in [6.45, 7) is 0. The average molecular weight is 442 g/mol. The molecule has 164 valence electrons. The van der Waals surface area contributed by atoms with E-state index in [1.807, 2.05) is 0 Å². The van der Waals surface area contributed by atoms with Gasteiger partial charge in [-0.1, -0.05) is 24.3 Å². The molecule has 4 N–H and O–H groups in total. The van der Waals surface area contributed by atoms with E-state index in [-0.39, 0.29) is 40.1 Å². The molecule has 0 bridgehead atoms. The summed E-state index contributed by atoms with van der Waals surface area (Å²) in [5, 5.41) is 20.8. The van der Waals surface area contributed by atoms with Crippen LogP contribution in [0.5, 0.6) is 11.5 Å². The second-order valence-electron chi connectivity index (χ2n) is 6.99. The summed E-state index contributed by atoms with van der Waals surface area (Å²) < 4.78 is 4.72. The number of carbonyl (C=O) groups excluding carboxylic acids is 2. The van der Waals surface area contributed by atoms with Gasteiger partial charge in [0, 0.05) is 11.1 Å². The highest BCUT2D eigenvalue weighted by Crippen LogP contribution is 2.32. The number of rotatable bonds is 5. The third-order valence-electron chi connectivity index (χ3n) is 4.87. The Morgan fingerprint density at radius 2 is 1.33 bits per heavy atom. The van der Waals surface area contributed by atoms with Crippen molar-refractivity contribution >= 4 is 11.9 Å². The number of amides is 1. The zero-order chi connectivity index (χ0) is 23.5. The highest BCUT2D eigenvalue weighted by atomic mass is 16.5. The Hall–Kier alpha value is -4.79. The number of ether oxygens (including phenoxy) is 1. The molecule has 0 unspecified atom stereocenters. The van der Waals surface area contributed by atoms with E-state index >= 15 is 0 Å². The number of phenols is 2. The van der Waals surface area contributed by atoms with Crippen molar-refractivity contribution in [1.82, 2.24) is 15.0 Å². The number of methoxy groups -OCH3 is 1. The summed E-state index contributed by atoms with van der Waals surface area (Å²) in [6, 6.07) is 17.1. The number of esters is 1. The van der Waals surface area contributed by atoms with Crippen LogP contribution in [0.15, 0.2) is 66.7 Å². The van der Waals surface area contributed by atoms with Crippen molar-refractivity contribution in [3.8, 4) is 45.7 Å². The van der Waals surface area contributed by atoms with E-state index in [9.17, 15) is 19.8 Å². The van der Waals surface area contributed by atoms with Crippen LogP contribution < -0.4 is 5.73 Å². The molecule has 3 aromatic carbocycles. The van der Waals surface area contributed by atoms with Crippen LogP contribution in [0.25, 0.3) is 34.2 Å². The van der Waals surface area contributed by atoms with Gasteiger partial charge in [-0.2, -0.15) is 0 Å². The maximum absolute atomic E-state index is 11.7. The summed E-state index contributed by atoms with van der Waals surface area (Å²) >= 11 is 0. The zero-order valence-corrected chi connectivity index (χ0v) is 17.4. The Kier molecular flexibility index (Phi) is 5.69. The number of hydrogen-bond donors (Lipinski definition) is 3. The summed E-state index contributed by atoms with van der Waals surface area (Å²) in [7, 11) is 1.29. The summed E-state index contributed by atoms with van der Waals surface area (Å²) in [4.78, 5) is 36.5. The number of aromatic hydroxyl groups is 2. The second-order valence-corrected chi connectivity index (χ2v) is 6.99. The molecule has 0 aliphatic heterocycles. The predicted octanol–water partition coefficient (Wildman–Crippen LogP) is 3.17. The van der Waals surface area contributed by atoms with E-state index in [4.69, 9.17) is 10.5 Å². The first-order valence-corrected chi connectivity index (χ1v) is 9.73. The lowest BCUT2D eigenvalue weighted by molar-refractivity contribution is 0.0600. The summed E-state index contributed by atoms with van der Waals surface area (Å²) in [5.41, 5.74) is 6.94. The number of carbonyl (C=O) groups is 2. The van der Waals surface area contributed by atoms with E-state index in [0.717, 1.165) is 0 Å². The first-order chi connectivity index (χ1) is 15.9. The highest BCUT2D eigenvalue weighted by molar-refractivity contribution is 5.94. The molecule has 1 heterocycles. The minimum Gasteiger partial charge on any atom is -0.507 e. The van der Waals surface area contributed by atoms with E-state index in [2.05, 4.69) is 15.0 Å². The van der Waals surface area contributed by atoms with Crippen molar-refractivity contribution in [2.24, 2.45) is 5.73 Å². The van der Waals surface area contributed by atoms with Crippen molar-refractivity contribution in [1.29, 1.82) is 0 Å². The fourth-order valence-corrected chi connectivity index (χ4v) is 3.16. The Morgan fingerprint density at radius 1 is 0.758 bits per heavy atom. The molecule has 0 saturated carbocycles. The number of phenolic OH excluding ortho intramolecular Hbond substituents is 2. The third kappa shape index (κ3) is 4.33. The van der Waals surface area contributed by atoms with Gasteiger partial charge in [0.05, 0.1) is 23.8 Å². The molecule has 4 aromatic rings. The maximum atomic E-state index is 11.7. The van der Waals surface area contributed by atoms with Crippen molar-refractivity contribution in [2.75, 3.05) is 7.11 Å². The number of nitrogens with two attached hydrogens (primary N) is 1. The van der Waals surface area contributed by atoms with Gasteiger partial charge in [0.2, 0.25) is 5.91 Å². The van der Waals surface area contributed by atoms with Gasteiger partial charge < -0.3 is 20.7 Å². The fraction of sp³-hybridized carbons (Fsp3) is 0.0417. The Labute approximate surface area is 188 Å². The van der Waals surface area contributed by atoms with Crippen LogP contribution in [0.2, 0.25) is 0 Å². The average Bonchev–Trinajstić information content (AvgIpc) is 2.83. The molecule has 0 saturated heterocycles. The highest BCUT2D eigenvalue weighted by Gasteiger charge is 2.17. The summed E-state index contributed by atoms with van der Waals surface area (Å²) in [5.74, 6) is -0.913. The van der Waals surface area contributed by atoms with Crippen molar-refractivity contribution in [2.45, 2.75) is 0 Å². The second kappa shape index (κ2) is 8.75. The minimum atomic E-state index is -0.686. The molecule has 1 aromatic heterocycles. The number of para-hydroxylation sites is 1. The van der Waals surface area contributed by atoms with Crippen LogP contribution in [-0.4, -0.2) is 44.2 Å². The van der Waals surface area contributed by atoms with E-state index in [1.165, 1.54) is 31.4 Å². The molecule has 9 nitrogen and oxygen atoms in total. The molecule has 0 spiro atoms. The fourth-order valence-electron chi connectivity index (χ4n) is 3.16. The molecule has 0 fully saturated rings. The van der Waals surface area contributed by atoms with Gasteiger partial charge in [0.15, 0.2) is 17.5 Å². The molecule has 0 atom stereocenters. The molecule has 0 aliphatic rings. The smallest absolute Gasteiger partial charge is 0.337 e. The quantitative estimate of drug-likeness (QED) is 0.399. The molecule has 4 rings (SSSR count). The number of primary amides is 1. The van der Waals surface area contributed by atoms with Gasteiger partial charge in [-0.25, -0.2) is 19.7 Å². The van der Waals surface area contributed by atoms with Crippen LogP contribution in [-0.2, 0) is 4.74 Å². The third-order valence-corrected chi connectivity index (χ3v) is 4.87. The molecular formula is C24H18N4O5. The number of benzene rings is 3. The van der Waals surface area contributed by atoms with Gasteiger partial charge in [-0.15, -0.1) is 0 Å². The Bertz CT molecular complexity index is 1370. The lowest BCUT2D eigenvalue weighted by Gasteiger charge is -2.11. The maximum Gasteiger partial charge on any atom is 0.337 e. The topological polar surface area (TPSA) is 149 Å². The van der Waals surface area contributed by atoms with Gasteiger partial charge >= 0.3 is 5.97 Å². The first-order valence-electron chi connectivity index (χ1n) is 9.73.